The number of allylic oxidation sites excluding steroid dienone is 4. The van der Waals surface area contributed by atoms with Crippen molar-refractivity contribution in [2.75, 3.05) is 5.32 Å². The van der Waals surface area contributed by atoms with Crippen LogP contribution in [0.5, 0.6) is 0 Å². The first-order valence-corrected chi connectivity index (χ1v) is 7.96. The zero-order chi connectivity index (χ0) is 14.7. The van der Waals surface area contributed by atoms with Crippen LogP contribution in [0.25, 0.3) is 0 Å². The van der Waals surface area contributed by atoms with Crippen molar-refractivity contribution in [3.63, 3.8) is 0 Å². The molecule has 0 fully saturated rings. The molecule has 1 atom stereocenters. The van der Waals surface area contributed by atoms with Crippen LogP contribution in [0.2, 0.25) is 5.02 Å². The maximum Gasteiger partial charge on any atom is 0.139 e. The minimum absolute atomic E-state index is 0.145. The Morgan fingerprint density at radius 1 is 1.50 bits per heavy atom. The lowest BCUT2D eigenvalue weighted by molar-refractivity contribution is 1.13. The van der Waals surface area contributed by atoms with Gasteiger partial charge >= 0.3 is 0 Å². The van der Waals surface area contributed by atoms with Gasteiger partial charge < -0.3 is 5.32 Å². The molecule has 0 spiro atoms. The van der Waals surface area contributed by atoms with Gasteiger partial charge in [0.05, 0.1) is 5.25 Å². The normalized spacial score (nSPS) is 19.4. The average molecular weight is 322 g/mol. The number of anilines is 1. The van der Waals surface area contributed by atoms with Gasteiger partial charge in [-0.15, -0.1) is 0 Å². The summed E-state index contributed by atoms with van der Waals surface area (Å²) in [6, 6.07) is 5.86. The zero-order valence-electron chi connectivity index (χ0n) is 11.4. The maximum absolute atomic E-state index is 6.15. The van der Waals surface area contributed by atoms with E-state index >= 15 is 0 Å². The summed E-state index contributed by atoms with van der Waals surface area (Å²) in [5.74, 6) is 0. The van der Waals surface area contributed by atoms with Crippen molar-refractivity contribution < 1.29 is 0 Å². The third-order valence-electron chi connectivity index (χ3n) is 3.15. The summed E-state index contributed by atoms with van der Waals surface area (Å²) < 4.78 is 0.781. The van der Waals surface area contributed by atoms with Gasteiger partial charge in [0.2, 0.25) is 0 Å². The Kier molecular flexibility index (Phi) is 5.08. The van der Waals surface area contributed by atoms with Crippen LogP contribution in [-0.4, -0.2) is 4.32 Å². The Morgan fingerprint density at radius 3 is 2.90 bits per heavy atom. The van der Waals surface area contributed by atoms with Crippen LogP contribution in [0.3, 0.4) is 0 Å². The molecule has 0 saturated carbocycles. The number of rotatable bonds is 3. The predicted octanol–water partition coefficient (Wildman–Crippen LogP) is 5.90. The van der Waals surface area contributed by atoms with Gasteiger partial charge in [0.1, 0.15) is 4.32 Å². The summed E-state index contributed by atoms with van der Waals surface area (Å²) >= 11 is 13.1. The maximum atomic E-state index is 6.15. The van der Waals surface area contributed by atoms with Crippen LogP contribution in [0, 0.1) is 0 Å². The molecular formula is C16H16ClNS2. The molecule has 1 aromatic rings. The van der Waals surface area contributed by atoms with E-state index in [4.69, 9.17) is 23.8 Å². The van der Waals surface area contributed by atoms with Gasteiger partial charge in [0, 0.05) is 10.7 Å². The minimum atomic E-state index is 0.145. The van der Waals surface area contributed by atoms with Crippen molar-refractivity contribution in [3.05, 3.63) is 64.7 Å². The summed E-state index contributed by atoms with van der Waals surface area (Å²) in [4.78, 5) is 0. The monoisotopic (exact) mass is 321 g/mol. The van der Waals surface area contributed by atoms with Crippen LogP contribution in [0.15, 0.2) is 54.2 Å². The van der Waals surface area contributed by atoms with E-state index in [-0.39, 0.29) is 5.25 Å². The molecule has 0 radical (unpaired) electrons. The van der Waals surface area contributed by atoms with Crippen LogP contribution in [-0.2, 0) is 0 Å². The minimum Gasteiger partial charge on any atom is -0.341 e. The van der Waals surface area contributed by atoms with Gasteiger partial charge in [-0.05, 0) is 48.8 Å². The lowest BCUT2D eigenvalue weighted by atomic mass is 9.98. The highest BCUT2D eigenvalue weighted by atomic mass is 35.5. The number of thiocarbonyl (C=S) groups is 1. The number of benzene rings is 1. The fourth-order valence-corrected chi connectivity index (χ4v) is 3.80. The third-order valence-corrected chi connectivity index (χ3v) is 4.83. The van der Waals surface area contributed by atoms with Crippen LogP contribution in [0.4, 0.5) is 5.69 Å². The Hall–Kier alpha value is -1.03. The fraction of sp³-hybridized carbons (Fsp3) is 0.188. The Morgan fingerprint density at radius 2 is 2.25 bits per heavy atom. The molecule has 1 N–H and O–H groups in total. The molecule has 0 amide bonds. The smallest absolute Gasteiger partial charge is 0.139 e. The van der Waals surface area contributed by atoms with Gasteiger partial charge in [0.25, 0.3) is 0 Å². The molecule has 2 rings (SSSR count). The van der Waals surface area contributed by atoms with Crippen molar-refractivity contribution in [3.8, 4) is 0 Å². The largest absolute Gasteiger partial charge is 0.341 e. The second-order valence-corrected chi connectivity index (χ2v) is 6.70. The number of fused-ring (bicyclic) bond motifs is 1. The van der Waals surface area contributed by atoms with Crippen molar-refractivity contribution in [2.45, 2.75) is 19.1 Å². The van der Waals surface area contributed by atoms with E-state index < -0.39 is 0 Å². The molecular weight excluding hydrogens is 306 g/mol. The number of hydrogen-bond donors (Lipinski definition) is 1. The Labute approximate surface area is 134 Å². The van der Waals surface area contributed by atoms with Crippen LogP contribution < -0.4 is 5.32 Å². The summed E-state index contributed by atoms with van der Waals surface area (Å²) in [7, 11) is 0. The highest BCUT2D eigenvalue weighted by molar-refractivity contribution is 8.23. The molecule has 1 unspecified atom stereocenters. The SMILES string of the molecule is C=C/C(C)=C(\C=C/C)C1SC(=S)Nc2ccc(Cl)cc21. The Bertz CT molecular complexity index is 617. The van der Waals surface area contributed by atoms with E-state index in [1.165, 1.54) is 5.57 Å². The molecule has 0 aromatic heterocycles. The van der Waals surface area contributed by atoms with Gasteiger partial charge in [-0.3, -0.25) is 0 Å². The van der Waals surface area contributed by atoms with E-state index in [1.54, 1.807) is 11.8 Å². The van der Waals surface area contributed by atoms with Gasteiger partial charge in [-0.1, -0.05) is 60.4 Å². The number of thioether (sulfide) groups is 1. The van der Waals surface area contributed by atoms with Crippen LogP contribution in [0.1, 0.15) is 24.7 Å². The number of hydrogen-bond acceptors (Lipinski definition) is 2. The second-order valence-electron chi connectivity index (χ2n) is 4.48. The third kappa shape index (κ3) is 3.17. The lowest BCUT2D eigenvalue weighted by Gasteiger charge is -2.28. The zero-order valence-corrected chi connectivity index (χ0v) is 13.8. The quantitative estimate of drug-likeness (QED) is 0.549. The summed E-state index contributed by atoms with van der Waals surface area (Å²) in [5, 5.41) is 4.12. The average Bonchev–Trinajstić information content (AvgIpc) is 2.44. The van der Waals surface area contributed by atoms with E-state index in [2.05, 4.69) is 24.9 Å². The number of halogens is 1. The van der Waals surface area contributed by atoms with Crippen molar-refractivity contribution in [1.82, 2.24) is 0 Å². The van der Waals surface area contributed by atoms with Gasteiger partial charge in [-0.2, -0.15) is 0 Å². The highest BCUT2D eigenvalue weighted by Crippen LogP contribution is 2.46. The van der Waals surface area contributed by atoms with Crippen molar-refractivity contribution in [1.29, 1.82) is 0 Å². The highest BCUT2D eigenvalue weighted by Gasteiger charge is 2.26. The molecule has 1 aliphatic heterocycles. The van der Waals surface area contributed by atoms with E-state index in [9.17, 15) is 0 Å². The summed E-state index contributed by atoms with van der Waals surface area (Å²) in [6.07, 6.45) is 6.04. The first-order valence-electron chi connectivity index (χ1n) is 6.29. The van der Waals surface area contributed by atoms with Crippen LogP contribution >= 0.6 is 35.6 Å². The van der Waals surface area contributed by atoms with E-state index in [0.717, 1.165) is 26.2 Å². The predicted molar refractivity (Wildman–Crippen MR) is 95.7 cm³/mol. The van der Waals surface area contributed by atoms with Gasteiger partial charge in [-0.25, -0.2) is 0 Å². The molecule has 1 aliphatic rings. The fourth-order valence-electron chi connectivity index (χ4n) is 2.13. The topological polar surface area (TPSA) is 12.0 Å². The Balaban J connectivity index is 2.60. The standard InChI is InChI=1S/C16H16ClNS2/c1-4-6-12(10(3)5-2)15-13-9-11(17)7-8-14(13)18-16(19)20-15/h4-9,15H,2H2,1,3H3,(H,18,19)/b6-4-,12-10+. The van der Waals surface area contributed by atoms with Crippen molar-refractivity contribution in [2.24, 2.45) is 0 Å². The molecule has 20 heavy (non-hydrogen) atoms. The summed E-state index contributed by atoms with van der Waals surface area (Å²) in [6.45, 7) is 7.96. The lowest BCUT2D eigenvalue weighted by Crippen LogP contribution is -2.17. The van der Waals surface area contributed by atoms with E-state index in [0.29, 0.717) is 0 Å². The molecule has 0 saturated heterocycles. The molecule has 1 nitrogen and oxygen atoms in total. The second kappa shape index (κ2) is 6.61. The first-order chi connectivity index (χ1) is 9.56. The molecule has 104 valence electrons. The summed E-state index contributed by atoms with van der Waals surface area (Å²) in [5.41, 5.74) is 4.54. The molecule has 1 heterocycles. The van der Waals surface area contributed by atoms with Crippen molar-refractivity contribution >= 4 is 45.6 Å². The first kappa shape index (κ1) is 15.4. The molecule has 0 aliphatic carbocycles. The van der Waals surface area contributed by atoms with Gasteiger partial charge in [0.15, 0.2) is 0 Å². The van der Waals surface area contributed by atoms with E-state index in [1.807, 2.05) is 37.3 Å². The molecule has 0 bridgehead atoms. The molecule has 4 heteroatoms. The molecule has 1 aromatic carbocycles. The number of nitrogens with one attached hydrogen (secondary N) is 1.